The zero-order chi connectivity index (χ0) is 26.6. The van der Waals surface area contributed by atoms with E-state index in [9.17, 15) is 23.5 Å². The van der Waals surface area contributed by atoms with Crippen molar-refractivity contribution < 1.29 is 18.7 Å². The normalized spacial score (nSPS) is 25.8. The number of piperidine rings is 1. The topological polar surface area (TPSA) is 130 Å². The van der Waals surface area contributed by atoms with Crippen LogP contribution in [0.3, 0.4) is 0 Å². The van der Waals surface area contributed by atoms with Crippen LogP contribution in [0, 0.1) is 11.6 Å². The van der Waals surface area contributed by atoms with E-state index in [1.165, 1.54) is 22.3 Å². The summed E-state index contributed by atoms with van der Waals surface area (Å²) in [7, 11) is 0. The maximum Gasteiger partial charge on any atom is 0.407 e. The van der Waals surface area contributed by atoms with Crippen LogP contribution in [-0.4, -0.2) is 48.2 Å². The van der Waals surface area contributed by atoms with Crippen LogP contribution in [0.1, 0.15) is 65.7 Å². The second-order valence-electron chi connectivity index (χ2n) is 9.95. The molecule has 0 saturated carbocycles. The molecule has 4 N–H and O–H groups in total. The van der Waals surface area contributed by atoms with E-state index >= 15 is 0 Å². The van der Waals surface area contributed by atoms with E-state index in [1.807, 2.05) is 6.07 Å². The van der Waals surface area contributed by atoms with Gasteiger partial charge in [-0.2, -0.15) is 0 Å². The zero-order valence-electron chi connectivity index (χ0n) is 20.3. The number of nitrogens with zero attached hydrogens (tertiary/aromatic N) is 4. The molecule has 1 aliphatic heterocycles. The number of hydrogen-bond acceptors (Lipinski definition) is 6. The minimum Gasteiger partial charge on any atom is -0.465 e. The molecule has 4 aromatic rings. The predicted octanol–water partition coefficient (Wildman–Crippen LogP) is 4.50. The van der Waals surface area contributed by atoms with Gasteiger partial charge < -0.3 is 15.7 Å². The third-order valence-electron chi connectivity index (χ3n) is 8.06. The maximum absolute atomic E-state index is 14.8. The molecular weight excluding hydrogens is 514 g/mol. The summed E-state index contributed by atoms with van der Waals surface area (Å²) < 4.78 is 30.6. The minimum absolute atomic E-state index is 0.215. The smallest absolute Gasteiger partial charge is 0.407 e. The first-order valence-corrected chi connectivity index (χ1v) is 13.4. The number of nitrogens with two attached hydrogens (primary N) is 1. The largest absolute Gasteiger partial charge is 0.465 e. The Labute approximate surface area is 219 Å². The number of likely N-dealkylation sites (tertiary alicyclic amines) is 1. The third-order valence-corrected chi connectivity index (χ3v) is 9.01. The van der Waals surface area contributed by atoms with Crippen LogP contribution in [0.2, 0.25) is 0 Å². The summed E-state index contributed by atoms with van der Waals surface area (Å²) in [5.41, 5.74) is 10.1. The van der Waals surface area contributed by atoms with Gasteiger partial charge in [0.25, 0.3) is 0 Å². The summed E-state index contributed by atoms with van der Waals surface area (Å²) in [5, 5.41) is 10.1. The number of carboxylic acid groups (broad SMARTS) is 1. The van der Waals surface area contributed by atoms with E-state index < -0.39 is 35.7 Å². The van der Waals surface area contributed by atoms with Crippen LogP contribution in [0.15, 0.2) is 46.8 Å². The van der Waals surface area contributed by atoms with Crippen molar-refractivity contribution in [3.63, 3.8) is 0 Å². The van der Waals surface area contributed by atoms with Crippen LogP contribution >= 0.6 is 11.3 Å². The lowest BCUT2D eigenvalue weighted by molar-refractivity contribution is 0.0779. The van der Waals surface area contributed by atoms with Crippen LogP contribution in [0.4, 0.5) is 13.6 Å². The zero-order valence-corrected chi connectivity index (χ0v) is 21.1. The Morgan fingerprint density at radius 1 is 1.13 bits per heavy atom. The summed E-state index contributed by atoms with van der Waals surface area (Å²) in [4.78, 5) is 39.1. The molecule has 6 rings (SSSR count). The number of rotatable bonds is 3. The Balaban J connectivity index is 1.39. The molecule has 1 aliphatic carbocycles. The molecule has 0 spiro atoms. The average molecular weight is 541 g/mol. The second kappa shape index (κ2) is 9.59. The minimum atomic E-state index is -1.04. The molecular formula is C26H26F2N6O3S. The molecule has 2 aliphatic rings. The molecule has 1 amide bonds. The Kier molecular flexibility index (Phi) is 6.23. The van der Waals surface area contributed by atoms with Gasteiger partial charge in [-0.15, -0.1) is 11.3 Å². The number of benzene rings is 1. The molecule has 5 atom stereocenters. The number of aromatic nitrogens is 4. The second-order valence-corrected chi connectivity index (χ2v) is 10.8. The molecule has 1 saturated heterocycles. The van der Waals surface area contributed by atoms with Crippen LogP contribution in [0.5, 0.6) is 0 Å². The number of halogens is 2. The fourth-order valence-electron chi connectivity index (χ4n) is 6.33. The summed E-state index contributed by atoms with van der Waals surface area (Å²) in [6.45, 7) is 0.244. The number of amides is 1. The molecule has 12 heteroatoms. The Morgan fingerprint density at radius 2 is 1.95 bits per heavy atom. The van der Waals surface area contributed by atoms with Crippen molar-refractivity contribution in [2.24, 2.45) is 5.73 Å². The molecule has 1 aromatic carbocycles. The quantitative estimate of drug-likeness (QED) is 0.328. The number of pyridine rings is 1. The van der Waals surface area contributed by atoms with Crippen LogP contribution < -0.4 is 11.4 Å². The van der Waals surface area contributed by atoms with Gasteiger partial charge in [-0.1, -0.05) is 12.1 Å². The maximum atomic E-state index is 14.8. The predicted molar refractivity (Wildman–Crippen MR) is 137 cm³/mol. The lowest BCUT2D eigenvalue weighted by Gasteiger charge is -2.41. The number of thiazole rings is 1. The van der Waals surface area contributed by atoms with Crippen molar-refractivity contribution in [3.05, 3.63) is 80.3 Å². The van der Waals surface area contributed by atoms with Gasteiger partial charge in [0.15, 0.2) is 17.3 Å². The summed E-state index contributed by atoms with van der Waals surface area (Å²) in [6.07, 6.45) is 2.34. The van der Waals surface area contributed by atoms with Gasteiger partial charge >= 0.3 is 11.8 Å². The van der Waals surface area contributed by atoms with Gasteiger partial charge in [0.2, 0.25) is 0 Å². The van der Waals surface area contributed by atoms with Gasteiger partial charge in [0, 0.05) is 47.6 Å². The molecule has 3 aromatic heterocycles. The van der Waals surface area contributed by atoms with Crippen LogP contribution in [-0.2, 0) is 0 Å². The summed E-state index contributed by atoms with van der Waals surface area (Å²) in [6, 6.07) is 6.34. The van der Waals surface area contributed by atoms with Gasteiger partial charge in [0.1, 0.15) is 0 Å². The van der Waals surface area contributed by atoms with Crippen molar-refractivity contribution in [2.45, 2.75) is 55.6 Å². The SMILES string of the molecule is N[C@@H]1c2scnc2C(C2C[C@H](n3c(=O)[nH]c4ncccc43)CCN2C(=O)O)CC[C@H]1c1cccc(F)c1F. The summed E-state index contributed by atoms with van der Waals surface area (Å²) >= 11 is 1.35. The van der Waals surface area contributed by atoms with Gasteiger partial charge in [-0.25, -0.2) is 28.3 Å². The third kappa shape index (κ3) is 3.99. The highest BCUT2D eigenvalue weighted by Crippen LogP contribution is 2.48. The van der Waals surface area contributed by atoms with Crippen LogP contribution in [0.25, 0.3) is 11.2 Å². The molecule has 38 heavy (non-hydrogen) atoms. The first kappa shape index (κ1) is 24.7. The fraction of sp³-hybridized carbons (Fsp3) is 0.385. The number of carbonyl (C=O) groups is 1. The average Bonchev–Trinajstić information content (AvgIpc) is 3.49. The molecule has 0 radical (unpaired) electrons. The number of imidazole rings is 1. The van der Waals surface area contributed by atoms with E-state index in [0.717, 1.165) is 10.9 Å². The van der Waals surface area contributed by atoms with Gasteiger partial charge in [0.05, 0.1) is 16.7 Å². The molecule has 2 unspecified atom stereocenters. The standard InChI is InChI=1S/C26H26F2N6O3S/c27-17-4-1-3-14(20(17)28)15-6-7-16(22-23(21(15)29)38-12-31-22)19-11-13(8-10-33(19)26(36)37)34-18-5-2-9-30-24(18)32-25(34)35/h1-5,9,12-13,15-16,19,21H,6-8,10-11,29H2,(H,36,37)(H,30,32,35)/t13-,15+,16?,19?,21+/m1/s1. The molecule has 1 fully saturated rings. The van der Waals surface area contributed by atoms with Crippen molar-refractivity contribution >= 4 is 28.6 Å². The van der Waals surface area contributed by atoms with Crippen molar-refractivity contribution in [1.29, 1.82) is 0 Å². The first-order valence-electron chi connectivity index (χ1n) is 12.5. The molecule has 198 valence electrons. The van der Waals surface area contributed by atoms with E-state index in [1.54, 1.807) is 28.4 Å². The molecule has 0 bridgehead atoms. The monoisotopic (exact) mass is 540 g/mol. The Hall–Kier alpha value is -3.64. The van der Waals surface area contributed by atoms with E-state index in [2.05, 4.69) is 15.0 Å². The molecule has 4 heterocycles. The number of fused-ring (bicyclic) bond motifs is 2. The fourth-order valence-corrected chi connectivity index (χ4v) is 7.26. The molecule has 9 nitrogen and oxygen atoms in total. The van der Waals surface area contributed by atoms with Crippen molar-refractivity contribution in [1.82, 2.24) is 24.4 Å². The highest BCUT2D eigenvalue weighted by molar-refractivity contribution is 7.09. The number of nitrogens with one attached hydrogen (secondary N) is 1. The lowest BCUT2D eigenvalue weighted by Crippen LogP contribution is -2.49. The number of aromatic amines is 1. The van der Waals surface area contributed by atoms with E-state index in [-0.39, 0.29) is 29.8 Å². The Bertz CT molecular complexity index is 1570. The Morgan fingerprint density at radius 3 is 2.76 bits per heavy atom. The first-order chi connectivity index (χ1) is 18.3. The van der Waals surface area contributed by atoms with Gasteiger partial charge in [-0.05, 0) is 49.4 Å². The van der Waals surface area contributed by atoms with E-state index in [0.29, 0.717) is 42.5 Å². The van der Waals surface area contributed by atoms with Crippen molar-refractivity contribution in [2.75, 3.05) is 6.54 Å². The lowest BCUT2D eigenvalue weighted by atomic mass is 9.82. The summed E-state index contributed by atoms with van der Waals surface area (Å²) in [5.74, 6) is -2.64. The number of hydrogen-bond donors (Lipinski definition) is 3. The van der Waals surface area contributed by atoms with Crippen molar-refractivity contribution in [3.8, 4) is 0 Å². The van der Waals surface area contributed by atoms with E-state index in [4.69, 9.17) is 5.73 Å². The number of H-pyrrole nitrogens is 1. The highest BCUT2D eigenvalue weighted by atomic mass is 32.1. The highest BCUT2D eigenvalue weighted by Gasteiger charge is 2.43. The van der Waals surface area contributed by atoms with Gasteiger partial charge in [-0.3, -0.25) is 9.55 Å².